The average Bonchev–Trinajstić information content (AvgIpc) is 2.59. The Bertz CT molecular complexity index is 821. The Morgan fingerprint density at radius 1 is 0.963 bits per heavy atom. The van der Waals surface area contributed by atoms with Crippen LogP contribution in [0.15, 0.2) is 48.5 Å². The first kappa shape index (κ1) is 20.5. The highest BCUT2D eigenvalue weighted by Gasteiger charge is 2.14. The van der Waals surface area contributed by atoms with Gasteiger partial charge in [0.15, 0.2) is 0 Å². The Morgan fingerprint density at radius 2 is 1.59 bits per heavy atom. The summed E-state index contributed by atoms with van der Waals surface area (Å²) in [5.41, 5.74) is 2.24. The monoisotopic (exact) mass is 387 g/mol. The van der Waals surface area contributed by atoms with E-state index in [1.54, 1.807) is 30.3 Å². The molecule has 7 heteroatoms. The summed E-state index contributed by atoms with van der Waals surface area (Å²) < 4.78 is 0. The van der Waals surface area contributed by atoms with Gasteiger partial charge < -0.3 is 15.5 Å². The molecule has 2 aromatic carbocycles. The summed E-state index contributed by atoms with van der Waals surface area (Å²) in [5.74, 6) is -0.625. The first-order valence-corrected chi connectivity index (χ1v) is 8.89. The molecule has 0 aliphatic carbocycles. The standard InChI is InChI=1S/C20H22ClN3O3/c1-14(25)22-18-6-8-19(9-7-18)23-20(27)13-24(15(2)26)11-10-16-4-3-5-17(21)12-16/h3-9,12H,10-11,13H2,1-2H3,(H,22,25)(H,23,27). The molecule has 2 rings (SSSR count). The number of nitrogens with one attached hydrogen (secondary N) is 2. The number of halogens is 1. The van der Waals surface area contributed by atoms with E-state index < -0.39 is 0 Å². The van der Waals surface area contributed by atoms with Crippen LogP contribution in [0.1, 0.15) is 19.4 Å². The molecule has 0 unspecified atom stereocenters. The van der Waals surface area contributed by atoms with Crippen LogP contribution in [0.25, 0.3) is 0 Å². The van der Waals surface area contributed by atoms with Gasteiger partial charge in [0.2, 0.25) is 17.7 Å². The summed E-state index contributed by atoms with van der Waals surface area (Å²) in [6.07, 6.45) is 0.610. The molecule has 3 amide bonds. The molecular formula is C20H22ClN3O3. The topological polar surface area (TPSA) is 78.5 Å². The second-order valence-electron chi connectivity index (χ2n) is 6.13. The third-order valence-corrected chi connectivity index (χ3v) is 4.06. The van der Waals surface area contributed by atoms with Crippen LogP contribution in [-0.4, -0.2) is 35.7 Å². The normalized spacial score (nSPS) is 10.2. The van der Waals surface area contributed by atoms with E-state index >= 15 is 0 Å². The number of hydrogen-bond acceptors (Lipinski definition) is 3. The second kappa shape index (κ2) is 9.73. The molecule has 0 radical (unpaired) electrons. The van der Waals surface area contributed by atoms with Crippen LogP contribution in [0.5, 0.6) is 0 Å². The summed E-state index contributed by atoms with van der Waals surface area (Å²) in [4.78, 5) is 36.6. The number of carbonyl (C=O) groups excluding carboxylic acids is 3. The van der Waals surface area contributed by atoms with Gasteiger partial charge in [0.25, 0.3) is 0 Å². The lowest BCUT2D eigenvalue weighted by Crippen LogP contribution is -2.38. The lowest BCUT2D eigenvalue weighted by molar-refractivity contribution is -0.132. The van der Waals surface area contributed by atoms with E-state index in [1.165, 1.54) is 18.7 Å². The van der Waals surface area contributed by atoms with Crippen LogP contribution < -0.4 is 10.6 Å². The third-order valence-electron chi connectivity index (χ3n) is 3.83. The van der Waals surface area contributed by atoms with Crippen molar-refractivity contribution >= 4 is 40.7 Å². The lowest BCUT2D eigenvalue weighted by atomic mass is 10.1. The van der Waals surface area contributed by atoms with Gasteiger partial charge in [-0.15, -0.1) is 0 Å². The van der Waals surface area contributed by atoms with Gasteiger partial charge in [-0.3, -0.25) is 14.4 Å². The number of carbonyl (C=O) groups is 3. The highest BCUT2D eigenvalue weighted by Crippen LogP contribution is 2.14. The summed E-state index contributed by atoms with van der Waals surface area (Å²) in [5, 5.41) is 6.04. The molecule has 0 aliphatic rings. The SMILES string of the molecule is CC(=O)Nc1ccc(NC(=O)CN(CCc2cccc(Cl)c2)C(C)=O)cc1. The maximum absolute atomic E-state index is 12.3. The largest absolute Gasteiger partial charge is 0.333 e. The van der Waals surface area contributed by atoms with Crippen molar-refractivity contribution in [3.63, 3.8) is 0 Å². The van der Waals surface area contributed by atoms with E-state index in [2.05, 4.69) is 10.6 Å². The lowest BCUT2D eigenvalue weighted by Gasteiger charge is -2.20. The van der Waals surface area contributed by atoms with Crippen molar-refractivity contribution in [3.05, 3.63) is 59.1 Å². The Kier molecular flexibility index (Phi) is 7.37. The van der Waals surface area contributed by atoms with Crippen LogP contribution >= 0.6 is 11.6 Å². The summed E-state index contributed by atoms with van der Waals surface area (Å²) >= 11 is 5.97. The zero-order valence-electron chi connectivity index (χ0n) is 15.3. The molecular weight excluding hydrogens is 366 g/mol. The van der Waals surface area contributed by atoms with E-state index in [0.717, 1.165) is 5.56 Å². The molecule has 0 aromatic heterocycles. The number of nitrogens with zero attached hydrogens (tertiary/aromatic N) is 1. The fourth-order valence-electron chi connectivity index (χ4n) is 2.52. The van der Waals surface area contributed by atoms with Gasteiger partial charge in [-0.25, -0.2) is 0 Å². The van der Waals surface area contributed by atoms with Gasteiger partial charge in [-0.1, -0.05) is 23.7 Å². The molecule has 0 saturated carbocycles. The fourth-order valence-corrected chi connectivity index (χ4v) is 2.73. The summed E-state index contributed by atoms with van der Waals surface area (Å²) in [7, 11) is 0. The average molecular weight is 388 g/mol. The maximum Gasteiger partial charge on any atom is 0.243 e. The predicted molar refractivity (Wildman–Crippen MR) is 107 cm³/mol. The van der Waals surface area contributed by atoms with Gasteiger partial charge >= 0.3 is 0 Å². The highest BCUT2D eigenvalue weighted by atomic mass is 35.5. The molecule has 27 heavy (non-hydrogen) atoms. The van der Waals surface area contributed by atoms with E-state index in [9.17, 15) is 14.4 Å². The molecule has 0 saturated heterocycles. The van der Waals surface area contributed by atoms with Crippen molar-refractivity contribution in [2.75, 3.05) is 23.7 Å². The van der Waals surface area contributed by atoms with Crippen LogP contribution in [-0.2, 0) is 20.8 Å². The van der Waals surface area contributed by atoms with Crippen LogP contribution in [0.3, 0.4) is 0 Å². The molecule has 0 aliphatic heterocycles. The molecule has 0 heterocycles. The Hall–Kier alpha value is -2.86. The highest BCUT2D eigenvalue weighted by molar-refractivity contribution is 6.30. The van der Waals surface area contributed by atoms with Crippen LogP contribution in [0.4, 0.5) is 11.4 Å². The minimum Gasteiger partial charge on any atom is -0.333 e. The third kappa shape index (κ3) is 7.11. The minimum absolute atomic E-state index is 0.0383. The number of hydrogen-bond donors (Lipinski definition) is 2. The number of rotatable bonds is 7. The Morgan fingerprint density at radius 3 is 2.15 bits per heavy atom. The first-order chi connectivity index (χ1) is 12.8. The molecule has 2 N–H and O–H groups in total. The molecule has 142 valence electrons. The van der Waals surface area contributed by atoms with Gasteiger partial charge in [0.05, 0.1) is 6.54 Å². The first-order valence-electron chi connectivity index (χ1n) is 8.51. The van der Waals surface area contributed by atoms with Crippen LogP contribution in [0, 0.1) is 0 Å². The molecule has 0 bridgehead atoms. The predicted octanol–water partition coefficient (Wildman–Crippen LogP) is 3.33. The molecule has 0 fully saturated rings. The zero-order valence-corrected chi connectivity index (χ0v) is 16.0. The van der Waals surface area contributed by atoms with Crippen molar-refractivity contribution in [1.29, 1.82) is 0 Å². The van der Waals surface area contributed by atoms with Crippen molar-refractivity contribution in [3.8, 4) is 0 Å². The molecule has 6 nitrogen and oxygen atoms in total. The number of benzene rings is 2. The van der Waals surface area contributed by atoms with Gasteiger partial charge in [-0.05, 0) is 48.4 Å². The van der Waals surface area contributed by atoms with Crippen molar-refractivity contribution in [1.82, 2.24) is 4.90 Å². The molecule has 0 spiro atoms. The quantitative estimate of drug-likeness (QED) is 0.764. The van der Waals surface area contributed by atoms with E-state index in [4.69, 9.17) is 11.6 Å². The zero-order chi connectivity index (χ0) is 19.8. The van der Waals surface area contributed by atoms with Gasteiger partial charge in [-0.2, -0.15) is 0 Å². The molecule has 2 aromatic rings. The smallest absolute Gasteiger partial charge is 0.243 e. The minimum atomic E-state index is -0.288. The Balaban J connectivity index is 1.90. The van der Waals surface area contributed by atoms with Gasteiger partial charge in [0, 0.05) is 36.8 Å². The fraction of sp³-hybridized carbons (Fsp3) is 0.250. The number of amides is 3. The van der Waals surface area contributed by atoms with Gasteiger partial charge in [0.1, 0.15) is 0 Å². The van der Waals surface area contributed by atoms with E-state index in [0.29, 0.717) is 29.4 Å². The van der Waals surface area contributed by atoms with Crippen molar-refractivity contribution in [2.45, 2.75) is 20.3 Å². The maximum atomic E-state index is 12.3. The number of anilines is 2. The van der Waals surface area contributed by atoms with Crippen LogP contribution in [0.2, 0.25) is 5.02 Å². The summed E-state index contributed by atoms with van der Waals surface area (Å²) in [6, 6.07) is 14.2. The Labute approximate surface area is 163 Å². The molecule has 0 atom stereocenters. The van der Waals surface area contributed by atoms with Crippen molar-refractivity contribution < 1.29 is 14.4 Å². The summed E-state index contributed by atoms with van der Waals surface area (Å²) in [6.45, 7) is 3.25. The van der Waals surface area contributed by atoms with E-state index in [1.807, 2.05) is 18.2 Å². The second-order valence-corrected chi connectivity index (χ2v) is 6.56. The van der Waals surface area contributed by atoms with Crippen molar-refractivity contribution in [2.24, 2.45) is 0 Å². The van der Waals surface area contributed by atoms with E-state index in [-0.39, 0.29) is 24.3 Å².